The number of benzene rings is 1. The summed E-state index contributed by atoms with van der Waals surface area (Å²) in [5.74, 6) is -1.15. The zero-order valence-corrected chi connectivity index (χ0v) is 15.8. The number of carbonyl (C=O) groups is 2. The Labute approximate surface area is 156 Å². The standard InChI is InChI=1S/C17H18N2O5S2/c1-19(2)26(22,23)15-8-5-13(6-9-15)18-16(20)12-24-17(21)10-7-14-4-3-11-25-14/h3-11H,12H2,1-2H3,(H,18,20)/b10-7+. The molecule has 0 spiro atoms. The van der Waals surface area contributed by atoms with Gasteiger partial charge >= 0.3 is 5.97 Å². The van der Waals surface area contributed by atoms with Crippen LogP contribution >= 0.6 is 11.3 Å². The van der Waals surface area contributed by atoms with E-state index < -0.39 is 28.5 Å². The molecule has 1 N–H and O–H groups in total. The lowest BCUT2D eigenvalue weighted by Gasteiger charge is -2.12. The molecule has 0 saturated carbocycles. The number of thiophene rings is 1. The molecule has 0 bridgehead atoms. The van der Waals surface area contributed by atoms with Gasteiger partial charge in [0.05, 0.1) is 4.90 Å². The van der Waals surface area contributed by atoms with E-state index >= 15 is 0 Å². The predicted molar refractivity (Wildman–Crippen MR) is 100 cm³/mol. The van der Waals surface area contributed by atoms with Gasteiger partial charge in [-0.05, 0) is 41.8 Å². The molecule has 0 fully saturated rings. The minimum absolute atomic E-state index is 0.116. The van der Waals surface area contributed by atoms with Gasteiger partial charge < -0.3 is 10.1 Å². The van der Waals surface area contributed by atoms with Gasteiger partial charge in [-0.1, -0.05) is 6.07 Å². The van der Waals surface area contributed by atoms with Crippen LogP contribution in [0, 0.1) is 0 Å². The molecule has 9 heteroatoms. The molecule has 0 saturated heterocycles. The number of rotatable bonds is 7. The SMILES string of the molecule is CN(C)S(=O)(=O)c1ccc(NC(=O)COC(=O)/C=C/c2cccs2)cc1. The maximum absolute atomic E-state index is 12.0. The van der Waals surface area contributed by atoms with Crippen LogP contribution < -0.4 is 5.32 Å². The molecule has 0 aliphatic carbocycles. The van der Waals surface area contributed by atoms with E-state index in [9.17, 15) is 18.0 Å². The summed E-state index contributed by atoms with van der Waals surface area (Å²) >= 11 is 1.48. The third-order valence-electron chi connectivity index (χ3n) is 3.19. The summed E-state index contributed by atoms with van der Waals surface area (Å²) in [4.78, 5) is 24.4. The Balaban J connectivity index is 1.85. The van der Waals surface area contributed by atoms with Crippen molar-refractivity contribution in [2.45, 2.75) is 4.90 Å². The maximum Gasteiger partial charge on any atom is 0.331 e. The molecule has 2 aromatic rings. The summed E-state index contributed by atoms with van der Waals surface area (Å²) in [6.07, 6.45) is 2.86. The van der Waals surface area contributed by atoms with Crippen LogP contribution in [-0.4, -0.2) is 45.3 Å². The Morgan fingerprint density at radius 3 is 2.46 bits per heavy atom. The quantitative estimate of drug-likeness (QED) is 0.574. The monoisotopic (exact) mass is 394 g/mol. The van der Waals surface area contributed by atoms with Gasteiger partial charge in [0, 0.05) is 30.7 Å². The van der Waals surface area contributed by atoms with E-state index in [0.717, 1.165) is 9.18 Å². The van der Waals surface area contributed by atoms with Crippen molar-refractivity contribution in [2.75, 3.05) is 26.0 Å². The fourth-order valence-electron chi connectivity index (χ4n) is 1.84. The number of esters is 1. The third kappa shape index (κ3) is 5.51. The average Bonchev–Trinajstić information content (AvgIpc) is 3.12. The van der Waals surface area contributed by atoms with Crippen LogP contribution in [0.15, 0.2) is 52.7 Å². The van der Waals surface area contributed by atoms with Crippen LogP contribution in [0.1, 0.15) is 4.88 Å². The summed E-state index contributed by atoms with van der Waals surface area (Å²) in [5, 5.41) is 4.41. The van der Waals surface area contributed by atoms with Crippen LogP contribution in [0.4, 0.5) is 5.69 Å². The maximum atomic E-state index is 12.0. The van der Waals surface area contributed by atoms with Gasteiger partial charge in [0.15, 0.2) is 6.61 Å². The lowest BCUT2D eigenvalue weighted by atomic mass is 10.3. The normalized spacial score (nSPS) is 11.7. The largest absolute Gasteiger partial charge is 0.452 e. The van der Waals surface area contributed by atoms with Gasteiger partial charge in [-0.3, -0.25) is 4.79 Å². The molecule has 1 heterocycles. The van der Waals surface area contributed by atoms with Crippen molar-refractivity contribution in [3.8, 4) is 0 Å². The number of anilines is 1. The lowest BCUT2D eigenvalue weighted by Crippen LogP contribution is -2.22. The molecule has 7 nitrogen and oxygen atoms in total. The highest BCUT2D eigenvalue weighted by Gasteiger charge is 2.16. The van der Waals surface area contributed by atoms with E-state index in [1.54, 1.807) is 6.08 Å². The van der Waals surface area contributed by atoms with Crippen molar-refractivity contribution in [3.05, 3.63) is 52.7 Å². The number of hydrogen-bond acceptors (Lipinski definition) is 6. The second-order valence-corrected chi connectivity index (χ2v) is 8.45. The molecule has 1 aromatic heterocycles. The highest BCUT2D eigenvalue weighted by molar-refractivity contribution is 7.89. The second kappa shape index (κ2) is 8.75. The van der Waals surface area contributed by atoms with Crippen LogP contribution in [0.25, 0.3) is 6.08 Å². The highest BCUT2D eigenvalue weighted by Crippen LogP contribution is 2.16. The van der Waals surface area contributed by atoms with Gasteiger partial charge in [-0.15, -0.1) is 11.3 Å². The van der Waals surface area contributed by atoms with E-state index in [-0.39, 0.29) is 4.90 Å². The molecule has 0 aliphatic rings. The molecule has 0 aliphatic heterocycles. The first-order chi connectivity index (χ1) is 12.3. The minimum atomic E-state index is -3.52. The molecule has 0 radical (unpaired) electrons. The minimum Gasteiger partial charge on any atom is -0.452 e. The van der Waals surface area contributed by atoms with Gasteiger partial charge in [0.25, 0.3) is 5.91 Å². The Bertz CT molecular complexity index is 886. The smallest absolute Gasteiger partial charge is 0.331 e. The van der Waals surface area contributed by atoms with Crippen molar-refractivity contribution in [3.63, 3.8) is 0 Å². The predicted octanol–water partition coefficient (Wildman–Crippen LogP) is 2.19. The third-order valence-corrected chi connectivity index (χ3v) is 5.86. The van der Waals surface area contributed by atoms with E-state index in [1.165, 1.54) is 55.8 Å². The molecular weight excluding hydrogens is 376 g/mol. The summed E-state index contributed by atoms with van der Waals surface area (Å²) in [6, 6.07) is 9.42. The van der Waals surface area contributed by atoms with Gasteiger partial charge in [-0.2, -0.15) is 0 Å². The van der Waals surface area contributed by atoms with Crippen molar-refractivity contribution >= 4 is 45.0 Å². The summed E-state index contributed by atoms with van der Waals surface area (Å²) < 4.78 is 29.9. The molecule has 2 rings (SSSR count). The lowest BCUT2D eigenvalue weighted by molar-refractivity contribution is -0.142. The molecule has 0 atom stereocenters. The number of amides is 1. The second-order valence-electron chi connectivity index (χ2n) is 5.32. The first-order valence-electron chi connectivity index (χ1n) is 7.50. The number of hydrogen-bond donors (Lipinski definition) is 1. The van der Waals surface area contributed by atoms with Crippen molar-refractivity contribution in [1.29, 1.82) is 0 Å². The molecule has 1 aromatic carbocycles. The first-order valence-corrected chi connectivity index (χ1v) is 9.82. The van der Waals surface area contributed by atoms with E-state index in [1.807, 2.05) is 17.5 Å². The van der Waals surface area contributed by atoms with E-state index in [0.29, 0.717) is 5.69 Å². The van der Waals surface area contributed by atoms with Crippen molar-refractivity contribution < 1.29 is 22.7 Å². The number of nitrogens with zero attached hydrogens (tertiary/aromatic N) is 1. The molecular formula is C17H18N2O5S2. The Hall–Kier alpha value is -2.49. The topological polar surface area (TPSA) is 92.8 Å². The molecule has 26 heavy (non-hydrogen) atoms. The van der Waals surface area contributed by atoms with Crippen LogP contribution in [0.5, 0.6) is 0 Å². The first kappa shape index (κ1) is 19.8. The molecule has 0 unspecified atom stereocenters. The zero-order chi connectivity index (χ0) is 19.2. The van der Waals surface area contributed by atoms with Crippen LogP contribution in [0.3, 0.4) is 0 Å². The van der Waals surface area contributed by atoms with Crippen molar-refractivity contribution in [2.24, 2.45) is 0 Å². The zero-order valence-electron chi connectivity index (χ0n) is 14.2. The molecule has 138 valence electrons. The number of sulfonamides is 1. The Morgan fingerprint density at radius 2 is 1.88 bits per heavy atom. The number of carbonyl (C=O) groups excluding carboxylic acids is 2. The van der Waals surface area contributed by atoms with Crippen LogP contribution in [-0.2, 0) is 24.3 Å². The summed E-state index contributed by atoms with van der Waals surface area (Å²) in [6.45, 7) is -0.439. The number of nitrogens with one attached hydrogen (secondary N) is 1. The fourth-order valence-corrected chi connectivity index (χ4v) is 3.36. The van der Waals surface area contributed by atoms with E-state index in [4.69, 9.17) is 4.74 Å². The Kier molecular flexibility index (Phi) is 6.67. The summed E-state index contributed by atoms with van der Waals surface area (Å²) in [5.41, 5.74) is 0.401. The average molecular weight is 394 g/mol. The van der Waals surface area contributed by atoms with Crippen molar-refractivity contribution in [1.82, 2.24) is 4.31 Å². The van der Waals surface area contributed by atoms with Gasteiger partial charge in [0.2, 0.25) is 10.0 Å². The summed E-state index contributed by atoms with van der Waals surface area (Å²) in [7, 11) is -0.651. The van der Waals surface area contributed by atoms with Gasteiger partial charge in [-0.25, -0.2) is 17.5 Å². The Morgan fingerprint density at radius 1 is 1.19 bits per heavy atom. The highest BCUT2D eigenvalue weighted by atomic mass is 32.2. The van der Waals surface area contributed by atoms with Crippen LogP contribution in [0.2, 0.25) is 0 Å². The van der Waals surface area contributed by atoms with Gasteiger partial charge in [0.1, 0.15) is 0 Å². The molecule has 1 amide bonds. The fraction of sp³-hybridized carbons (Fsp3) is 0.176. The number of ether oxygens (including phenoxy) is 1. The van der Waals surface area contributed by atoms with E-state index in [2.05, 4.69) is 5.32 Å².